The Bertz CT molecular complexity index is 731. The van der Waals surface area contributed by atoms with Crippen molar-refractivity contribution in [3.8, 4) is 0 Å². The summed E-state index contributed by atoms with van der Waals surface area (Å²) in [6, 6.07) is 0. The van der Waals surface area contributed by atoms with Gasteiger partial charge < -0.3 is 10.2 Å². The second-order valence-electron chi connectivity index (χ2n) is 8.49. The second kappa shape index (κ2) is 10.5. The molecule has 0 saturated heterocycles. The third kappa shape index (κ3) is 4.03. The Labute approximate surface area is 178 Å². The van der Waals surface area contributed by atoms with Crippen molar-refractivity contribution in [3.05, 3.63) is 63.0 Å². The molecule has 0 aromatic rings. The number of allylic oxidation sites excluding steroid dienone is 12. The van der Waals surface area contributed by atoms with Crippen LogP contribution in [0.5, 0.6) is 0 Å². The van der Waals surface area contributed by atoms with E-state index in [4.69, 9.17) is 10.2 Å². The van der Waals surface area contributed by atoms with Gasteiger partial charge in [0.15, 0.2) is 0 Å². The summed E-state index contributed by atoms with van der Waals surface area (Å²) in [6.07, 6.45) is 16.9. The van der Waals surface area contributed by atoms with Gasteiger partial charge in [-0.3, -0.25) is 0 Å². The molecule has 0 bridgehead atoms. The van der Waals surface area contributed by atoms with Crippen molar-refractivity contribution in [2.45, 2.75) is 60.6 Å². The van der Waals surface area contributed by atoms with Gasteiger partial charge in [0.2, 0.25) is 0 Å². The molecule has 28 heavy (non-hydrogen) atoms. The summed E-state index contributed by atoms with van der Waals surface area (Å²) in [7, 11) is 1.50. The van der Waals surface area contributed by atoms with Gasteiger partial charge in [-0.15, -0.1) is 0 Å². The van der Waals surface area contributed by atoms with Gasteiger partial charge in [0.05, 0.1) is 0 Å². The van der Waals surface area contributed by atoms with E-state index in [-0.39, 0.29) is 5.41 Å². The van der Waals surface area contributed by atoms with Gasteiger partial charge in [0.25, 0.3) is 0 Å². The first-order valence-electron chi connectivity index (χ1n) is 10.2. The Hall–Kier alpha value is -0.540. The van der Waals surface area contributed by atoms with Gasteiger partial charge in [0.1, 0.15) is 0 Å². The first-order valence-corrected chi connectivity index (χ1v) is 21.0. The maximum atomic E-state index is 8.25. The molecule has 0 amide bonds. The third-order valence-corrected chi connectivity index (χ3v) is 38.7. The van der Waals surface area contributed by atoms with Crippen LogP contribution < -0.4 is 10.2 Å². The molecule has 0 fully saturated rings. The van der Waals surface area contributed by atoms with Gasteiger partial charge in [-0.1, -0.05) is 0 Å². The van der Waals surface area contributed by atoms with E-state index in [1.807, 2.05) is 9.84 Å². The van der Waals surface area contributed by atoms with Crippen LogP contribution in [0.2, 0.25) is 13.1 Å². The van der Waals surface area contributed by atoms with E-state index >= 15 is 0 Å². The molecule has 0 unspecified atom stereocenters. The molecule has 0 heterocycles. The van der Waals surface area contributed by atoms with Crippen molar-refractivity contribution >= 4 is 5.92 Å². The summed E-state index contributed by atoms with van der Waals surface area (Å²) >= 11 is -2.79. The summed E-state index contributed by atoms with van der Waals surface area (Å²) in [5.74, 6) is -0.847. The van der Waals surface area contributed by atoms with Crippen LogP contribution in [-0.4, -0.2) is 20.1 Å². The van der Waals surface area contributed by atoms with Gasteiger partial charge >= 0.3 is 154 Å². The van der Waals surface area contributed by atoms with Crippen LogP contribution in [0.1, 0.15) is 47.5 Å². The Morgan fingerprint density at radius 1 is 0.821 bits per heavy atom. The van der Waals surface area contributed by atoms with Crippen LogP contribution in [0.25, 0.3) is 0 Å². The van der Waals surface area contributed by atoms with Crippen LogP contribution in [-0.2, 0) is 19.4 Å². The molecule has 0 N–H and O–H groups in total. The molecule has 3 aliphatic carbocycles. The molecule has 4 heteroatoms. The van der Waals surface area contributed by atoms with E-state index in [9.17, 15) is 0 Å². The van der Waals surface area contributed by atoms with E-state index in [1.54, 1.807) is 16.7 Å². The normalized spacial score (nSPS) is 19.6. The summed E-state index contributed by atoms with van der Waals surface area (Å²) in [5.41, 5.74) is 5.08. The molecular formula is C24H38O2SiZr. The summed E-state index contributed by atoms with van der Waals surface area (Å²) < 4.78 is 5.62. The standard InChI is InChI=1S/C10H15.2C5H5.C2H7Si.2CH3O.Zr/c1-7-6-10(4,5)9(3)8(7)2;2*1-2-4-5-3-1;1-3-2;2*1-2;/h1-5H3;2*1-3H,4H2;3H,1-2H3;2*1H3;/q;;;;2*-1;+2. The Balaban J connectivity index is 0.000000921. The molecule has 3 aliphatic rings. The molecular weight excluding hydrogens is 440 g/mol. The van der Waals surface area contributed by atoms with E-state index in [0.29, 0.717) is 0 Å². The van der Waals surface area contributed by atoms with Crippen molar-refractivity contribution in [3.63, 3.8) is 0 Å². The van der Waals surface area contributed by atoms with Crippen LogP contribution >= 0.6 is 0 Å². The van der Waals surface area contributed by atoms with Gasteiger partial charge in [-0.05, 0) is 0 Å². The fraction of sp³-hybridized carbons (Fsp3) is 0.500. The predicted octanol–water partition coefficient (Wildman–Crippen LogP) is 4.41. The maximum Gasteiger partial charge on any atom is -0.153 e. The summed E-state index contributed by atoms with van der Waals surface area (Å²) in [5, 5.41) is 16.5. The van der Waals surface area contributed by atoms with Crippen molar-refractivity contribution in [2.75, 3.05) is 14.2 Å². The zero-order valence-electron chi connectivity index (χ0n) is 19.3. The first-order chi connectivity index (χ1) is 13.3. The minimum absolute atomic E-state index is 0.244. The molecule has 154 valence electrons. The average Bonchev–Trinajstić information content (AvgIpc) is 3.43. The largest absolute Gasteiger partial charge is 0.857 e. The molecule has 2 nitrogen and oxygen atoms in total. The fourth-order valence-electron chi connectivity index (χ4n) is 5.42. The summed E-state index contributed by atoms with van der Waals surface area (Å²) in [4.78, 5) is 0. The summed E-state index contributed by atoms with van der Waals surface area (Å²) in [6.45, 7) is 17.5. The molecule has 3 rings (SSSR count). The first kappa shape index (κ1) is 25.5. The average molecular weight is 478 g/mol. The van der Waals surface area contributed by atoms with Crippen LogP contribution in [0.4, 0.5) is 0 Å². The van der Waals surface area contributed by atoms with Crippen LogP contribution in [0, 0.1) is 5.41 Å². The van der Waals surface area contributed by atoms with Crippen molar-refractivity contribution in [2.24, 2.45) is 5.41 Å². The smallest absolute Gasteiger partial charge is 0.153 e. The fourth-order valence-corrected chi connectivity index (χ4v) is 39.9. The zero-order valence-corrected chi connectivity index (χ0v) is 22.9. The monoisotopic (exact) mass is 476 g/mol. The number of rotatable bonds is 4. The van der Waals surface area contributed by atoms with Crippen LogP contribution in [0.15, 0.2) is 63.0 Å². The van der Waals surface area contributed by atoms with Crippen molar-refractivity contribution in [1.82, 2.24) is 0 Å². The molecule has 0 aliphatic heterocycles. The Morgan fingerprint density at radius 3 is 1.50 bits per heavy atom. The Kier molecular flexibility index (Phi) is 9.54. The van der Waals surface area contributed by atoms with E-state index < -0.39 is 25.4 Å². The predicted molar refractivity (Wildman–Crippen MR) is 119 cm³/mol. The molecule has 0 radical (unpaired) electrons. The minimum atomic E-state index is -2.79. The third-order valence-electron chi connectivity index (χ3n) is 6.88. The number of hydrogen-bond donors (Lipinski definition) is 0. The number of hydrogen-bond acceptors (Lipinski definition) is 2. The maximum absolute atomic E-state index is 8.25. The quantitative estimate of drug-likeness (QED) is 0.563. The Morgan fingerprint density at radius 2 is 1.25 bits per heavy atom. The molecule has 0 saturated carbocycles. The zero-order chi connectivity index (χ0) is 21.7. The molecule has 0 aromatic heterocycles. The molecule has 0 spiro atoms. The van der Waals surface area contributed by atoms with E-state index in [0.717, 1.165) is 14.2 Å². The topological polar surface area (TPSA) is 46.1 Å². The van der Waals surface area contributed by atoms with Crippen molar-refractivity contribution < 1.29 is 29.6 Å². The minimum Gasteiger partial charge on any atom is -0.857 e. The SMILES string of the molecule is CC1=C(C)C(C)(C)[C]([Zr+2]([C]2=CC=CC2)([C]2=CC=CC2)[SiH](C)C)=C1C.C[O-].C[O-]. The molecule has 0 aromatic carbocycles. The second-order valence-corrected chi connectivity index (χ2v) is 32.8. The van der Waals surface area contributed by atoms with E-state index in [1.165, 1.54) is 12.8 Å². The van der Waals surface area contributed by atoms with Gasteiger partial charge in [-0.2, -0.15) is 14.2 Å². The van der Waals surface area contributed by atoms with E-state index in [2.05, 4.69) is 84.2 Å². The van der Waals surface area contributed by atoms with Crippen molar-refractivity contribution in [1.29, 1.82) is 0 Å². The van der Waals surface area contributed by atoms with Crippen LogP contribution in [0.3, 0.4) is 0 Å². The van der Waals surface area contributed by atoms with Gasteiger partial charge in [-0.25, -0.2) is 0 Å². The van der Waals surface area contributed by atoms with Gasteiger partial charge in [0, 0.05) is 0 Å². The molecule has 0 atom stereocenters.